The smallest absolute Gasteiger partial charge is 0.305 e. The maximum absolute atomic E-state index is 13.2. The maximum Gasteiger partial charge on any atom is 0.330 e. The third-order valence-corrected chi connectivity index (χ3v) is 2.83. The molecule has 0 bridgehead atoms. The number of aromatic nitrogens is 2. The molecule has 16 heavy (non-hydrogen) atoms. The molecule has 0 aliphatic rings. The number of fused-ring (bicyclic) bond motifs is 3. The van der Waals surface area contributed by atoms with E-state index in [1.807, 2.05) is 0 Å². The Bertz CT molecular complexity index is 760. The van der Waals surface area contributed by atoms with Crippen molar-refractivity contribution in [3.8, 4) is 0 Å². The van der Waals surface area contributed by atoms with Crippen LogP contribution in [0.15, 0.2) is 35.3 Å². The van der Waals surface area contributed by atoms with Gasteiger partial charge in [0.1, 0.15) is 5.82 Å². The van der Waals surface area contributed by atoms with Gasteiger partial charge in [-0.25, -0.2) is 9.18 Å². The highest BCUT2D eigenvalue weighted by molar-refractivity contribution is 6.35. The third-order valence-electron chi connectivity index (χ3n) is 2.53. The lowest BCUT2D eigenvalue weighted by molar-refractivity contribution is 0.629. The Balaban J connectivity index is 2.69. The standard InChI is InChI=1S/C11H6ClFN2O/c12-8-5-6(13)4-7-9-2-1-3-15(9)11(16)14-10(7)8/h1-5H,(H,14,16). The fourth-order valence-corrected chi connectivity index (χ4v) is 2.10. The van der Waals surface area contributed by atoms with Crippen LogP contribution in [0.25, 0.3) is 16.4 Å². The van der Waals surface area contributed by atoms with Gasteiger partial charge in [0.25, 0.3) is 0 Å². The minimum atomic E-state index is -0.423. The topological polar surface area (TPSA) is 37.3 Å². The Hall–Kier alpha value is -1.81. The van der Waals surface area contributed by atoms with Crippen molar-refractivity contribution in [1.29, 1.82) is 0 Å². The molecule has 0 aliphatic heterocycles. The Morgan fingerprint density at radius 1 is 1.38 bits per heavy atom. The first-order chi connectivity index (χ1) is 7.66. The largest absolute Gasteiger partial charge is 0.330 e. The van der Waals surface area contributed by atoms with Crippen LogP contribution in [0.2, 0.25) is 5.02 Å². The molecule has 0 spiro atoms. The van der Waals surface area contributed by atoms with Gasteiger partial charge in [0.05, 0.1) is 16.1 Å². The maximum atomic E-state index is 13.2. The summed E-state index contributed by atoms with van der Waals surface area (Å²) in [7, 11) is 0. The molecule has 2 heterocycles. The first-order valence-corrected chi connectivity index (χ1v) is 5.03. The molecule has 2 aromatic heterocycles. The van der Waals surface area contributed by atoms with Crippen LogP contribution in [0.5, 0.6) is 0 Å². The van der Waals surface area contributed by atoms with E-state index >= 15 is 0 Å². The summed E-state index contributed by atoms with van der Waals surface area (Å²) in [5, 5.41) is 0.797. The highest BCUT2D eigenvalue weighted by atomic mass is 35.5. The second kappa shape index (κ2) is 3.09. The summed E-state index contributed by atoms with van der Waals surface area (Å²) in [5.74, 6) is -0.423. The van der Waals surface area contributed by atoms with Gasteiger partial charge >= 0.3 is 5.69 Å². The van der Waals surface area contributed by atoms with Gasteiger partial charge < -0.3 is 4.98 Å². The number of hydrogen-bond donors (Lipinski definition) is 1. The average Bonchev–Trinajstić information content (AvgIpc) is 2.69. The Labute approximate surface area is 94.1 Å². The van der Waals surface area contributed by atoms with Crippen LogP contribution in [-0.2, 0) is 0 Å². The van der Waals surface area contributed by atoms with E-state index in [1.165, 1.54) is 16.5 Å². The summed E-state index contributed by atoms with van der Waals surface area (Å²) < 4.78 is 14.7. The van der Waals surface area contributed by atoms with Crippen LogP contribution in [0.1, 0.15) is 0 Å². The summed E-state index contributed by atoms with van der Waals surface area (Å²) in [6.45, 7) is 0. The summed E-state index contributed by atoms with van der Waals surface area (Å²) in [6, 6.07) is 6.00. The van der Waals surface area contributed by atoms with E-state index in [0.29, 0.717) is 16.4 Å². The molecule has 0 radical (unpaired) electrons. The molecule has 5 heteroatoms. The SMILES string of the molecule is O=c1[nH]c2c(Cl)cc(F)cc2c2cccn12. The van der Waals surface area contributed by atoms with Crippen LogP contribution in [-0.4, -0.2) is 9.38 Å². The number of aromatic amines is 1. The minimum Gasteiger partial charge on any atom is -0.305 e. The monoisotopic (exact) mass is 236 g/mol. The highest BCUT2D eigenvalue weighted by Gasteiger charge is 2.08. The number of benzene rings is 1. The molecule has 3 aromatic rings. The second-order valence-electron chi connectivity index (χ2n) is 3.50. The normalized spacial score (nSPS) is 11.4. The second-order valence-corrected chi connectivity index (χ2v) is 3.91. The lowest BCUT2D eigenvalue weighted by Gasteiger charge is -2.03. The van der Waals surface area contributed by atoms with Crippen LogP contribution >= 0.6 is 11.6 Å². The van der Waals surface area contributed by atoms with Gasteiger partial charge in [-0.1, -0.05) is 11.6 Å². The van der Waals surface area contributed by atoms with E-state index in [9.17, 15) is 9.18 Å². The van der Waals surface area contributed by atoms with Crippen LogP contribution in [0.4, 0.5) is 4.39 Å². The van der Waals surface area contributed by atoms with Crippen molar-refractivity contribution >= 4 is 28.0 Å². The summed E-state index contributed by atoms with van der Waals surface area (Å²) >= 11 is 5.88. The number of rotatable bonds is 0. The quantitative estimate of drug-likeness (QED) is 0.640. The predicted octanol–water partition coefficient (Wildman–Crippen LogP) is 2.57. The van der Waals surface area contributed by atoms with E-state index in [1.54, 1.807) is 18.3 Å². The lowest BCUT2D eigenvalue weighted by atomic mass is 10.2. The zero-order valence-electron chi connectivity index (χ0n) is 8.00. The van der Waals surface area contributed by atoms with Crippen molar-refractivity contribution in [2.24, 2.45) is 0 Å². The molecule has 1 aromatic carbocycles. The predicted molar refractivity (Wildman–Crippen MR) is 60.5 cm³/mol. The lowest BCUT2D eigenvalue weighted by Crippen LogP contribution is -2.15. The van der Waals surface area contributed by atoms with E-state index in [0.717, 1.165) is 0 Å². The fourth-order valence-electron chi connectivity index (χ4n) is 1.85. The number of nitrogens with zero attached hydrogens (tertiary/aromatic N) is 1. The molecule has 3 nitrogen and oxygen atoms in total. The molecule has 0 amide bonds. The van der Waals surface area contributed by atoms with E-state index in [-0.39, 0.29) is 10.7 Å². The van der Waals surface area contributed by atoms with Gasteiger partial charge in [-0.3, -0.25) is 4.40 Å². The summed E-state index contributed by atoms with van der Waals surface area (Å²) in [6.07, 6.45) is 1.62. The summed E-state index contributed by atoms with van der Waals surface area (Å²) in [4.78, 5) is 14.3. The highest BCUT2D eigenvalue weighted by Crippen LogP contribution is 2.25. The molecule has 0 aliphatic carbocycles. The molecule has 0 atom stereocenters. The molecule has 0 fully saturated rings. The van der Waals surface area contributed by atoms with Crippen molar-refractivity contribution in [1.82, 2.24) is 9.38 Å². The van der Waals surface area contributed by atoms with E-state index in [2.05, 4.69) is 4.98 Å². The van der Waals surface area contributed by atoms with Crippen molar-refractivity contribution in [3.63, 3.8) is 0 Å². The first kappa shape index (κ1) is 9.42. The Morgan fingerprint density at radius 3 is 3.00 bits per heavy atom. The molecule has 80 valence electrons. The van der Waals surface area contributed by atoms with Gasteiger partial charge in [0, 0.05) is 11.6 Å². The zero-order chi connectivity index (χ0) is 11.3. The van der Waals surface area contributed by atoms with Gasteiger partial charge in [-0.05, 0) is 24.3 Å². The van der Waals surface area contributed by atoms with E-state index in [4.69, 9.17) is 11.6 Å². The van der Waals surface area contributed by atoms with Crippen LogP contribution < -0.4 is 5.69 Å². The van der Waals surface area contributed by atoms with Gasteiger partial charge in [0.2, 0.25) is 0 Å². The van der Waals surface area contributed by atoms with Crippen LogP contribution in [0, 0.1) is 5.82 Å². The number of halogens is 2. The molecule has 0 saturated heterocycles. The van der Waals surface area contributed by atoms with Crippen molar-refractivity contribution < 1.29 is 4.39 Å². The molecule has 3 rings (SSSR count). The van der Waals surface area contributed by atoms with Crippen molar-refractivity contribution in [2.45, 2.75) is 0 Å². The number of nitrogens with one attached hydrogen (secondary N) is 1. The molecular weight excluding hydrogens is 231 g/mol. The van der Waals surface area contributed by atoms with Gasteiger partial charge in [-0.15, -0.1) is 0 Å². The third kappa shape index (κ3) is 1.17. The molecule has 1 N–H and O–H groups in total. The Kier molecular flexibility index (Phi) is 1.82. The number of H-pyrrole nitrogens is 1. The van der Waals surface area contributed by atoms with Crippen LogP contribution in [0.3, 0.4) is 0 Å². The van der Waals surface area contributed by atoms with Gasteiger partial charge in [0.15, 0.2) is 0 Å². The zero-order valence-corrected chi connectivity index (χ0v) is 8.75. The van der Waals surface area contributed by atoms with Crippen molar-refractivity contribution in [3.05, 3.63) is 51.8 Å². The Morgan fingerprint density at radius 2 is 2.19 bits per heavy atom. The first-order valence-electron chi connectivity index (χ1n) is 4.65. The molecule has 0 unspecified atom stereocenters. The molecule has 0 saturated carbocycles. The molecular formula is C11H6ClFN2O. The fraction of sp³-hybridized carbons (Fsp3) is 0. The van der Waals surface area contributed by atoms with E-state index < -0.39 is 5.82 Å². The van der Waals surface area contributed by atoms with Crippen molar-refractivity contribution in [2.75, 3.05) is 0 Å². The summed E-state index contributed by atoms with van der Waals surface area (Å²) in [5.41, 5.74) is 0.806. The minimum absolute atomic E-state index is 0.204. The number of hydrogen-bond acceptors (Lipinski definition) is 1. The average molecular weight is 237 g/mol. The van der Waals surface area contributed by atoms with Gasteiger partial charge in [-0.2, -0.15) is 0 Å².